The van der Waals surface area contributed by atoms with Gasteiger partial charge in [-0.2, -0.15) is 0 Å². The Bertz CT molecular complexity index is 344. The number of nitrogens with one attached hydrogen (secondary N) is 2. The zero-order valence-corrected chi connectivity index (χ0v) is 13.1. The Morgan fingerprint density at radius 2 is 1.84 bits per heavy atom. The van der Waals surface area contributed by atoms with E-state index in [1.54, 1.807) is 0 Å². The van der Waals surface area contributed by atoms with Crippen molar-refractivity contribution in [1.82, 2.24) is 14.9 Å². The van der Waals surface area contributed by atoms with E-state index in [4.69, 9.17) is 0 Å². The molecule has 1 amide bonds. The number of hydrogen-bond donors (Lipinski definition) is 2. The van der Waals surface area contributed by atoms with Crippen molar-refractivity contribution in [1.29, 1.82) is 0 Å². The predicted octanol–water partition coefficient (Wildman–Crippen LogP) is 0.164. The third-order valence-electron chi connectivity index (χ3n) is 2.72. The van der Waals surface area contributed by atoms with Gasteiger partial charge in [-0.05, 0) is 19.4 Å². The molecule has 0 saturated heterocycles. The van der Waals surface area contributed by atoms with Crippen molar-refractivity contribution in [2.75, 3.05) is 39.0 Å². The van der Waals surface area contributed by atoms with Crippen LogP contribution in [0.4, 0.5) is 0 Å². The van der Waals surface area contributed by atoms with Gasteiger partial charge in [-0.3, -0.25) is 4.79 Å². The fourth-order valence-corrected chi connectivity index (χ4v) is 2.54. The van der Waals surface area contributed by atoms with Crippen LogP contribution in [0.15, 0.2) is 0 Å². The predicted molar refractivity (Wildman–Crippen MR) is 77.5 cm³/mol. The number of amides is 1. The molecule has 0 aliphatic rings. The van der Waals surface area contributed by atoms with Crippen molar-refractivity contribution in [2.24, 2.45) is 0 Å². The van der Waals surface area contributed by atoms with Gasteiger partial charge in [-0.15, -0.1) is 0 Å². The molecule has 7 heteroatoms. The smallest absolute Gasteiger partial charge is 0.233 e. The minimum atomic E-state index is -3.11. The quantitative estimate of drug-likeness (QED) is 0.532. The number of unbranched alkanes of at least 4 members (excludes halogenated alkanes) is 1. The van der Waals surface area contributed by atoms with E-state index in [9.17, 15) is 13.2 Å². The zero-order chi connectivity index (χ0) is 14.7. The van der Waals surface area contributed by atoms with Gasteiger partial charge in [-0.1, -0.05) is 20.3 Å². The molecule has 114 valence electrons. The second kappa shape index (κ2) is 10.2. The van der Waals surface area contributed by atoms with Gasteiger partial charge < -0.3 is 10.6 Å². The summed E-state index contributed by atoms with van der Waals surface area (Å²) < 4.78 is 24.1. The molecule has 0 bridgehead atoms. The Kier molecular flexibility index (Phi) is 9.81. The fraction of sp³-hybridized carbons (Fsp3) is 0.917. The lowest BCUT2D eigenvalue weighted by atomic mass is 10.3. The van der Waals surface area contributed by atoms with Gasteiger partial charge in [0.05, 0.1) is 12.8 Å². The van der Waals surface area contributed by atoms with Crippen LogP contribution < -0.4 is 10.6 Å². The highest BCUT2D eigenvalue weighted by Gasteiger charge is 2.12. The summed E-state index contributed by atoms with van der Waals surface area (Å²) in [5.41, 5.74) is 0. The van der Waals surface area contributed by atoms with Crippen LogP contribution in [0.25, 0.3) is 0 Å². The Hall–Kier alpha value is -0.660. The first-order chi connectivity index (χ1) is 8.91. The number of hydrogen-bond acceptors (Lipinski definition) is 4. The maximum absolute atomic E-state index is 11.4. The third-order valence-corrected chi connectivity index (χ3v) is 4.10. The van der Waals surface area contributed by atoms with E-state index in [1.807, 2.05) is 6.92 Å². The molecule has 0 rings (SSSR count). The van der Waals surface area contributed by atoms with Crippen LogP contribution in [-0.4, -0.2) is 57.6 Å². The number of carbonyl (C=O) groups excluding carboxylic acids is 1. The normalized spacial score (nSPS) is 11.8. The van der Waals surface area contributed by atoms with Crippen LogP contribution in [0.2, 0.25) is 0 Å². The third kappa shape index (κ3) is 9.86. The van der Waals surface area contributed by atoms with E-state index in [0.717, 1.165) is 12.8 Å². The second-order valence-electron chi connectivity index (χ2n) is 4.49. The van der Waals surface area contributed by atoms with Crippen LogP contribution in [0, 0.1) is 0 Å². The molecule has 0 unspecified atom stereocenters. The first-order valence-corrected chi connectivity index (χ1v) is 8.69. The molecule has 0 heterocycles. The van der Waals surface area contributed by atoms with Gasteiger partial charge in [0.15, 0.2) is 0 Å². The van der Waals surface area contributed by atoms with Crippen LogP contribution >= 0.6 is 0 Å². The van der Waals surface area contributed by atoms with Crippen LogP contribution in [0.1, 0.15) is 33.1 Å². The molecule has 2 N–H and O–H groups in total. The molecule has 0 saturated carbocycles. The lowest BCUT2D eigenvalue weighted by molar-refractivity contribution is -0.120. The van der Waals surface area contributed by atoms with Crippen molar-refractivity contribution in [2.45, 2.75) is 33.1 Å². The first-order valence-electron chi connectivity index (χ1n) is 6.84. The standard InChI is InChI=1S/C12H27N3O3S/c1-4-6-9-14-12(16)11-13-8-7-10-15(5-2)19(3,17)18/h13H,4-11H2,1-3H3,(H,14,16). The summed E-state index contributed by atoms with van der Waals surface area (Å²) in [6, 6.07) is 0. The number of nitrogens with zero attached hydrogens (tertiary/aromatic N) is 1. The molecule has 0 aromatic carbocycles. The van der Waals surface area contributed by atoms with Gasteiger partial charge in [0.2, 0.25) is 15.9 Å². The summed E-state index contributed by atoms with van der Waals surface area (Å²) in [6.45, 7) is 6.49. The van der Waals surface area contributed by atoms with Crippen LogP contribution in [0.3, 0.4) is 0 Å². The van der Waals surface area contributed by atoms with Crippen molar-refractivity contribution in [3.8, 4) is 0 Å². The number of carbonyl (C=O) groups is 1. The lowest BCUT2D eigenvalue weighted by Gasteiger charge is -2.17. The minimum Gasteiger partial charge on any atom is -0.355 e. The van der Waals surface area contributed by atoms with Gasteiger partial charge in [0.1, 0.15) is 0 Å². The van der Waals surface area contributed by atoms with Crippen LogP contribution in [0.5, 0.6) is 0 Å². The average Bonchev–Trinajstić information content (AvgIpc) is 2.32. The highest BCUT2D eigenvalue weighted by Crippen LogP contribution is 1.97. The molecule has 0 fully saturated rings. The summed E-state index contributed by atoms with van der Waals surface area (Å²) in [7, 11) is -3.11. The van der Waals surface area contributed by atoms with Crippen LogP contribution in [-0.2, 0) is 14.8 Å². The highest BCUT2D eigenvalue weighted by atomic mass is 32.2. The molecular weight excluding hydrogens is 266 g/mol. The molecule has 19 heavy (non-hydrogen) atoms. The van der Waals surface area contributed by atoms with Crippen molar-refractivity contribution >= 4 is 15.9 Å². The van der Waals surface area contributed by atoms with Crippen molar-refractivity contribution in [3.63, 3.8) is 0 Å². The molecule has 0 aliphatic carbocycles. The van der Waals surface area contributed by atoms with E-state index in [0.29, 0.717) is 32.6 Å². The molecule has 0 spiro atoms. The monoisotopic (exact) mass is 293 g/mol. The van der Waals surface area contributed by atoms with Gasteiger partial charge in [0, 0.05) is 19.6 Å². The summed E-state index contributed by atoms with van der Waals surface area (Å²) >= 11 is 0. The van der Waals surface area contributed by atoms with E-state index in [-0.39, 0.29) is 12.5 Å². The van der Waals surface area contributed by atoms with Gasteiger partial charge in [-0.25, -0.2) is 12.7 Å². The summed E-state index contributed by atoms with van der Waals surface area (Å²) in [4.78, 5) is 11.4. The Morgan fingerprint density at radius 1 is 1.16 bits per heavy atom. The van der Waals surface area contributed by atoms with Crippen molar-refractivity contribution in [3.05, 3.63) is 0 Å². The summed E-state index contributed by atoms with van der Waals surface area (Å²) in [6.07, 6.45) is 3.96. The lowest BCUT2D eigenvalue weighted by Crippen LogP contribution is -2.36. The first kappa shape index (κ1) is 18.3. The largest absolute Gasteiger partial charge is 0.355 e. The average molecular weight is 293 g/mol. The maximum atomic E-state index is 11.4. The zero-order valence-electron chi connectivity index (χ0n) is 12.2. The second-order valence-corrected chi connectivity index (χ2v) is 6.47. The Balaban J connectivity index is 3.62. The SMILES string of the molecule is CCCCNC(=O)CNCCCN(CC)S(C)(=O)=O. The molecular formula is C12H27N3O3S. The fourth-order valence-electron chi connectivity index (χ4n) is 1.61. The minimum absolute atomic E-state index is 0.0103. The summed E-state index contributed by atoms with van der Waals surface area (Å²) in [5.74, 6) is -0.0103. The molecule has 0 radical (unpaired) electrons. The molecule has 0 aliphatic heterocycles. The number of rotatable bonds is 11. The van der Waals surface area contributed by atoms with E-state index >= 15 is 0 Å². The van der Waals surface area contributed by atoms with Crippen molar-refractivity contribution < 1.29 is 13.2 Å². The van der Waals surface area contributed by atoms with Gasteiger partial charge >= 0.3 is 0 Å². The Morgan fingerprint density at radius 3 is 2.37 bits per heavy atom. The summed E-state index contributed by atoms with van der Waals surface area (Å²) in [5, 5.41) is 5.82. The molecule has 0 aromatic rings. The molecule has 0 aromatic heterocycles. The number of sulfonamides is 1. The molecule has 6 nitrogen and oxygen atoms in total. The Labute approximate surface area is 117 Å². The molecule has 0 atom stereocenters. The van der Waals surface area contributed by atoms with E-state index in [1.165, 1.54) is 10.6 Å². The van der Waals surface area contributed by atoms with Gasteiger partial charge in [0.25, 0.3) is 0 Å². The van der Waals surface area contributed by atoms with E-state index < -0.39 is 10.0 Å². The topological polar surface area (TPSA) is 78.5 Å². The highest BCUT2D eigenvalue weighted by molar-refractivity contribution is 7.88. The maximum Gasteiger partial charge on any atom is 0.233 e. The van der Waals surface area contributed by atoms with E-state index in [2.05, 4.69) is 17.6 Å².